The van der Waals surface area contributed by atoms with Gasteiger partial charge in [0.05, 0.1) is 18.2 Å². The van der Waals surface area contributed by atoms with Crippen LogP contribution in [0.5, 0.6) is 17.2 Å². The van der Waals surface area contributed by atoms with Crippen LogP contribution in [0.3, 0.4) is 0 Å². The lowest BCUT2D eigenvalue weighted by Gasteiger charge is -2.10. The Morgan fingerprint density at radius 2 is 1.81 bits per heavy atom. The largest absolute Gasteiger partial charge is 0.497 e. The quantitative estimate of drug-likeness (QED) is 0.319. The first kappa shape index (κ1) is 20.2. The second-order valence-electron chi connectivity index (χ2n) is 6.92. The fourth-order valence-electron chi connectivity index (χ4n) is 3.21. The van der Waals surface area contributed by atoms with Gasteiger partial charge >= 0.3 is 5.97 Å². The molecule has 1 aliphatic rings. The van der Waals surface area contributed by atoms with Gasteiger partial charge in [-0.3, -0.25) is 4.79 Å². The van der Waals surface area contributed by atoms with Gasteiger partial charge < -0.3 is 14.2 Å². The average Bonchev–Trinajstić information content (AvgIpc) is 3.12. The third kappa shape index (κ3) is 4.26. The van der Waals surface area contributed by atoms with Crippen LogP contribution in [-0.2, 0) is 0 Å². The third-order valence-electron chi connectivity index (χ3n) is 4.88. The molecule has 1 heterocycles. The Morgan fingerprint density at radius 1 is 1.00 bits per heavy atom. The van der Waals surface area contributed by atoms with Gasteiger partial charge in [-0.2, -0.15) is 0 Å². The molecule has 5 nitrogen and oxygen atoms in total. The predicted octanol–water partition coefficient (Wildman–Crippen LogP) is 5.40. The SMILES string of the molecule is COc1cccc(C(=O)Oc2ccc3c(c2C)O/C(=C\C=C\c2ccccc2)C3=O)c1. The minimum Gasteiger partial charge on any atom is -0.497 e. The van der Waals surface area contributed by atoms with Gasteiger partial charge in [-0.05, 0) is 48.9 Å². The van der Waals surface area contributed by atoms with Crippen molar-refractivity contribution in [2.24, 2.45) is 0 Å². The van der Waals surface area contributed by atoms with E-state index in [1.165, 1.54) is 7.11 Å². The van der Waals surface area contributed by atoms with Crippen molar-refractivity contribution < 1.29 is 23.8 Å². The summed E-state index contributed by atoms with van der Waals surface area (Å²) in [6.07, 6.45) is 5.30. The van der Waals surface area contributed by atoms with Crippen LogP contribution in [0.2, 0.25) is 0 Å². The highest BCUT2D eigenvalue weighted by molar-refractivity contribution is 6.13. The number of benzene rings is 3. The maximum Gasteiger partial charge on any atom is 0.343 e. The van der Waals surface area contributed by atoms with Gasteiger partial charge in [0.15, 0.2) is 5.76 Å². The minimum atomic E-state index is -0.521. The Balaban J connectivity index is 1.54. The molecule has 0 aliphatic carbocycles. The second-order valence-corrected chi connectivity index (χ2v) is 6.92. The number of ketones is 1. The average molecular weight is 412 g/mol. The summed E-state index contributed by atoms with van der Waals surface area (Å²) in [5.74, 6) is 0.795. The standard InChI is InChI=1S/C26H20O5/c1-17-22(31-26(28)19-11-7-12-20(16-19)29-2)15-14-21-24(27)23(30-25(17)21)13-6-10-18-8-4-3-5-9-18/h3-16H,1-2H3/b10-6+,23-13-. The molecule has 0 unspecified atom stereocenters. The molecule has 0 radical (unpaired) electrons. The smallest absolute Gasteiger partial charge is 0.343 e. The number of ether oxygens (including phenoxy) is 3. The molecule has 3 aromatic rings. The molecule has 0 fully saturated rings. The van der Waals surface area contributed by atoms with E-state index in [1.807, 2.05) is 36.4 Å². The molecule has 4 rings (SSSR count). The molecule has 154 valence electrons. The van der Waals surface area contributed by atoms with Crippen LogP contribution < -0.4 is 14.2 Å². The number of hydrogen-bond acceptors (Lipinski definition) is 5. The van der Waals surface area contributed by atoms with Gasteiger partial charge in [-0.25, -0.2) is 4.79 Å². The first-order valence-electron chi connectivity index (χ1n) is 9.72. The lowest BCUT2D eigenvalue weighted by Crippen LogP contribution is -2.09. The van der Waals surface area contributed by atoms with Gasteiger partial charge in [0.2, 0.25) is 5.78 Å². The van der Waals surface area contributed by atoms with E-state index in [2.05, 4.69) is 0 Å². The number of rotatable bonds is 5. The van der Waals surface area contributed by atoms with Crippen molar-refractivity contribution in [2.45, 2.75) is 6.92 Å². The normalized spacial score (nSPS) is 13.9. The number of fused-ring (bicyclic) bond motifs is 1. The van der Waals surface area contributed by atoms with Crippen LogP contribution in [0, 0.1) is 6.92 Å². The minimum absolute atomic E-state index is 0.207. The molecule has 0 saturated carbocycles. The van der Waals surface area contributed by atoms with E-state index in [4.69, 9.17) is 14.2 Å². The Bertz CT molecular complexity index is 1210. The molecular formula is C26H20O5. The molecule has 0 bridgehead atoms. The highest BCUT2D eigenvalue weighted by Crippen LogP contribution is 2.39. The Hall–Kier alpha value is -4.12. The molecule has 0 atom stereocenters. The number of Topliss-reactive ketones (excluding diaryl/α,β-unsaturated/α-hetero) is 1. The van der Waals surface area contributed by atoms with Crippen molar-refractivity contribution in [3.05, 3.63) is 107 Å². The highest BCUT2D eigenvalue weighted by Gasteiger charge is 2.30. The lowest BCUT2D eigenvalue weighted by molar-refractivity contribution is 0.0732. The number of esters is 1. The first-order chi connectivity index (χ1) is 15.1. The van der Waals surface area contributed by atoms with E-state index in [1.54, 1.807) is 55.5 Å². The Labute approximate surface area is 180 Å². The molecule has 3 aromatic carbocycles. The van der Waals surface area contributed by atoms with E-state index in [-0.39, 0.29) is 11.5 Å². The van der Waals surface area contributed by atoms with Crippen molar-refractivity contribution >= 4 is 17.8 Å². The topological polar surface area (TPSA) is 61.8 Å². The summed E-state index contributed by atoms with van der Waals surface area (Å²) in [5, 5.41) is 0. The maximum absolute atomic E-state index is 12.7. The molecule has 31 heavy (non-hydrogen) atoms. The van der Waals surface area contributed by atoms with Gasteiger partial charge in [-0.15, -0.1) is 0 Å². The van der Waals surface area contributed by atoms with Gasteiger partial charge in [0, 0.05) is 5.56 Å². The monoisotopic (exact) mass is 412 g/mol. The van der Waals surface area contributed by atoms with Gasteiger partial charge in [-0.1, -0.05) is 48.6 Å². The molecule has 5 heteroatoms. The van der Waals surface area contributed by atoms with Crippen LogP contribution in [0.15, 0.2) is 84.6 Å². The van der Waals surface area contributed by atoms with E-state index >= 15 is 0 Å². The molecule has 0 amide bonds. The molecule has 0 N–H and O–H groups in total. The summed E-state index contributed by atoms with van der Waals surface area (Å²) in [7, 11) is 1.53. The van der Waals surface area contributed by atoms with E-state index in [0.717, 1.165) is 5.56 Å². The molecule has 0 aromatic heterocycles. The van der Waals surface area contributed by atoms with E-state index in [0.29, 0.717) is 33.9 Å². The zero-order chi connectivity index (χ0) is 21.8. The van der Waals surface area contributed by atoms with Crippen molar-refractivity contribution in [3.63, 3.8) is 0 Å². The van der Waals surface area contributed by atoms with E-state index < -0.39 is 5.97 Å². The Morgan fingerprint density at radius 3 is 2.58 bits per heavy atom. The number of carbonyl (C=O) groups excluding carboxylic acids is 2. The van der Waals surface area contributed by atoms with Gasteiger partial charge in [0.1, 0.15) is 17.2 Å². The van der Waals surface area contributed by atoms with Crippen LogP contribution in [0.25, 0.3) is 6.08 Å². The fourth-order valence-corrected chi connectivity index (χ4v) is 3.21. The Kier molecular flexibility index (Phi) is 5.67. The summed E-state index contributed by atoms with van der Waals surface area (Å²) in [4.78, 5) is 25.2. The second kappa shape index (κ2) is 8.71. The van der Waals surface area contributed by atoms with E-state index in [9.17, 15) is 9.59 Å². The summed E-state index contributed by atoms with van der Waals surface area (Å²) in [6.45, 7) is 1.75. The van der Waals surface area contributed by atoms with Crippen molar-refractivity contribution in [1.29, 1.82) is 0 Å². The summed E-state index contributed by atoms with van der Waals surface area (Å²) in [5.41, 5.74) is 2.41. The zero-order valence-electron chi connectivity index (χ0n) is 17.1. The van der Waals surface area contributed by atoms with Crippen LogP contribution in [0.1, 0.15) is 31.8 Å². The highest BCUT2D eigenvalue weighted by atomic mass is 16.5. The fraction of sp³-hybridized carbons (Fsp3) is 0.0769. The summed E-state index contributed by atoms with van der Waals surface area (Å²) in [6, 6.07) is 19.7. The predicted molar refractivity (Wildman–Crippen MR) is 118 cm³/mol. The van der Waals surface area contributed by atoms with Crippen molar-refractivity contribution in [3.8, 4) is 17.2 Å². The lowest BCUT2D eigenvalue weighted by atomic mass is 10.1. The van der Waals surface area contributed by atoms with Crippen LogP contribution in [-0.4, -0.2) is 18.9 Å². The molecular weight excluding hydrogens is 392 g/mol. The third-order valence-corrected chi connectivity index (χ3v) is 4.88. The first-order valence-corrected chi connectivity index (χ1v) is 9.72. The zero-order valence-corrected chi connectivity index (χ0v) is 17.1. The van der Waals surface area contributed by atoms with Crippen LogP contribution in [0.4, 0.5) is 0 Å². The summed E-state index contributed by atoms with van der Waals surface area (Å²) < 4.78 is 16.5. The summed E-state index contributed by atoms with van der Waals surface area (Å²) >= 11 is 0. The molecule has 0 saturated heterocycles. The van der Waals surface area contributed by atoms with Crippen molar-refractivity contribution in [1.82, 2.24) is 0 Å². The molecule has 0 spiro atoms. The number of hydrogen-bond donors (Lipinski definition) is 0. The number of methoxy groups -OCH3 is 1. The van der Waals surface area contributed by atoms with Crippen LogP contribution >= 0.6 is 0 Å². The van der Waals surface area contributed by atoms with Gasteiger partial charge in [0.25, 0.3) is 0 Å². The number of allylic oxidation sites excluding steroid dienone is 3. The molecule has 1 aliphatic heterocycles. The maximum atomic E-state index is 12.7. The number of carbonyl (C=O) groups is 2. The van der Waals surface area contributed by atoms with Crippen molar-refractivity contribution in [2.75, 3.05) is 7.11 Å².